The molecule has 2 N–H and O–H groups in total. The van der Waals surface area contributed by atoms with Gasteiger partial charge in [-0.15, -0.1) is 0 Å². The fraction of sp³-hybridized carbons (Fsp3) is 0.857. The molecule has 1 aliphatic rings. The summed E-state index contributed by atoms with van der Waals surface area (Å²) in [7, 11) is 1.11. The van der Waals surface area contributed by atoms with Crippen molar-refractivity contribution in [1.29, 1.82) is 0 Å². The summed E-state index contributed by atoms with van der Waals surface area (Å²) in [5.74, 6) is -1.72. The molecule has 1 rings (SSSR count). The Morgan fingerprint density at radius 2 is 1.83 bits per heavy atom. The number of carbonyl (C=O) groups is 2. The predicted octanol–water partition coefficient (Wildman–Crippen LogP) is 2.15. The second-order valence-electron chi connectivity index (χ2n) is 6.65. The smallest absolute Gasteiger partial charge is 0.417 e. The molecular weight excluding hydrogens is 319 g/mol. The standard InChI is InChI=1S/C14H22F3NO5/c1-12(2,3)23-11(20)18-9-7-13(21,14(15,16)17)6-5-8(9)10(19)22-4/h8-9,21H,5-7H2,1-4H3,(H,18,20). The Hall–Kier alpha value is -1.51. The van der Waals surface area contributed by atoms with E-state index in [1.807, 2.05) is 0 Å². The monoisotopic (exact) mass is 341 g/mol. The van der Waals surface area contributed by atoms with Crippen LogP contribution in [-0.2, 0) is 14.3 Å². The molecular formula is C14H22F3NO5. The van der Waals surface area contributed by atoms with Crippen LogP contribution in [0, 0.1) is 5.92 Å². The summed E-state index contributed by atoms with van der Waals surface area (Å²) in [5, 5.41) is 12.1. The molecule has 0 aromatic heterocycles. The second kappa shape index (κ2) is 6.54. The number of amides is 1. The molecule has 9 heteroatoms. The molecule has 0 aromatic carbocycles. The Bertz CT molecular complexity index is 460. The molecule has 1 saturated carbocycles. The average molecular weight is 341 g/mol. The first kappa shape index (κ1) is 19.5. The van der Waals surface area contributed by atoms with Crippen LogP contribution >= 0.6 is 0 Å². The van der Waals surface area contributed by atoms with Gasteiger partial charge < -0.3 is 19.9 Å². The van der Waals surface area contributed by atoms with Gasteiger partial charge in [0, 0.05) is 12.5 Å². The van der Waals surface area contributed by atoms with Gasteiger partial charge in [0.1, 0.15) is 5.60 Å². The van der Waals surface area contributed by atoms with Crippen molar-refractivity contribution in [3.63, 3.8) is 0 Å². The van der Waals surface area contributed by atoms with Gasteiger partial charge in [0.25, 0.3) is 0 Å². The van der Waals surface area contributed by atoms with E-state index in [2.05, 4.69) is 10.1 Å². The maximum atomic E-state index is 13.0. The number of alkyl carbamates (subject to hydrolysis) is 1. The number of methoxy groups -OCH3 is 1. The summed E-state index contributed by atoms with van der Waals surface area (Å²) in [5.41, 5.74) is -3.81. The summed E-state index contributed by atoms with van der Waals surface area (Å²) in [6, 6.07) is -1.24. The third-order valence-electron chi connectivity index (χ3n) is 3.65. The van der Waals surface area contributed by atoms with E-state index in [0.29, 0.717) is 0 Å². The van der Waals surface area contributed by atoms with Crippen molar-refractivity contribution < 1.29 is 37.3 Å². The van der Waals surface area contributed by atoms with Crippen LogP contribution in [0.25, 0.3) is 0 Å². The third kappa shape index (κ3) is 4.98. The minimum atomic E-state index is -4.86. The summed E-state index contributed by atoms with van der Waals surface area (Å²) in [6.07, 6.45) is -7.55. The van der Waals surface area contributed by atoms with Gasteiger partial charge >= 0.3 is 18.2 Å². The van der Waals surface area contributed by atoms with Crippen molar-refractivity contribution in [3.05, 3.63) is 0 Å². The van der Waals surface area contributed by atoms with Gasteiger partial charge in [-0.3, -0.25) is 4.79 Å². The number of ether oxygens (including phenoxy) is 2. The molecule has 0 saturated heterocycles. The topological polar surface area (TPSA) is 84.9 Å². The molecule has 0 heterocycles. The number of carbonyl (C=O) groups excluding carboxylic acids is 2. The highest BCUT2D eigenvalue weighted by atomic mass is 19.4. The first-order valence-electron chi connectivity index (χ1n) is 7.15. The van der Waals surface area contributed by atoms with E-state index in [4.69, 9.17) is 4.74 Å². The molecule has 3 unspecified atom stereocenters. The lowest BCUT2D eigenvalue weighted by Gasteiger charge is -2.41. The zero-order valence-corrected chi connectivity index (χ0v) is 13.5. The maximum Gasteiger partial charge on any atom is 0.417 e. The quantitative estimate of drug-likeness (QED) is 0.752. The van der Waals surface area contributed by atoms with Gasteiger partial charge in [0.15, 0.2) is 5.60 Å². The highest BCUT2D eigenvalue weighted by Crippen LogP contribution is 2.43. The van der Waals surface area contributed by atoms with Crippen molar-refractivity contribution in [2.45, 2.75) is 63.5 Å². The fourth-order valence-corrected chi connectivity index (χ4v) is 2.51. The number of esters is 1. The number of hydrogen-bond donors (Lipinski definition) is 2. The number of nitrogens with one attached hydrogen (secondary N) is 1. The Kier molecular flexibility index (Phi) is 5.56. The summed E-state index contributed by atoms with van der Waals surface area (Å²) in [6.45, 7) is 4.78. The number of aliphatic hydroxyl groups is 1. The molecule has 1 aliphatic carbocycles. The predicted molar refractivity (Wildman–Crippen MR) is 73.5 cm³/mol. The van der Waals surface area contributed by atoms with Crippen LogP contribution in [0.5, 0.6) is 0 Å². The maximum absolute atomic E-state index is 13.0. The minimum absolute atomic E-state index is 0.261. The van der Waals surface area contributed by atoms with Crippen molar-refractivity contribution in [2.24, 2.45) is 5.92 Å². The van der Waals surface area contributed by atoms with Gasteiger partial charge in [-0.05, 0) is 33.6 Å². The van der Waals surface area contributed by atoms with E-state index in [1.54, 1.807) is 20.8 Å². The van der Waals surface area contributed by atoms with E-state index in [1.165, 1.54) is 0 Å². The highest BCUT2D eigenvalue weighted by Gasteiger charge is 2.58. The molecule has 1 fully saturated rings. The van der Waals surface area contributed by atoms with Crippen molar-refractivity contribution in [1.82, 2.24) is 5.32 Å². The van der Waals surface area contributed by atoms with E-state index in [-0.39, 0.29) is 6.42 Å². The molecule has 6 nitrogen and oxygen atoms in total. The van der Waals surface area contributed by atoms with E-state index in [9.17, 15) is 27.9 Å². The molecule has 3 atom stereocenters. The van der Waals surface area contributed by atoms with E-state index < -0.39 is 54.2 Å². The molecule has 1 amide bonds. The number of halogens is 3. The Morgan fingerprint density at radius 1 is 1.26 bits per heavy atom. The summed E-state index contributed by atoms with van der Waals surface area (Å²) in [4.78, 5) is 23.5. The second-order valence-corrected chi connectivity index (χ2v) is 6.65. The minimum Gasteiger partial charge on any atom is -0.469 e. The number of alkyl halides is 3. The van der Waals surface area contributed by atoms with Crippen molar-refractivity contribution >= 4 is 12.1 Å². The third-order valence-corrected chi connectivity index (χ3v) is 3.65. The van der Waals surface area contributed by atoms with Gasteiger partial charge in [-0.1, -0.05) is 0 Å². The highest BCUT2D eigenvalue weighted by molar-refractivity contribution is 5.75. The van der Waals surface area contributed by atoms with Gasteiger partial charge in [0.05, 0.1) is 13.0 Å². The first-order chi connectivity index (χ1) is 10.3. The van der Waals surface area contributed by atoms with Gasteiger partial charge in [-0.2, -0.15) is 13.2 Å². The van der Waals surface area contributed by atoms with Crippen LogP contribution in [0.2, 0.25) is 0 Å². The molecule has 0 aliphatic heterocycles. The largest absolute Gasteiger partial charge is 0.469 e. The van der Waals surface area contributed by atoms with Crippen molar-refractivity contribution in [2.75, 3.05) is 7.11 Å². The van der Waals surface area contributed by atoms with Crippen LogP contribution in [-0.4, -0.2) is 47.7 Å². The summed E-state index contributed by atoms with van der Waals surface area (Å²) < 4.78 is 48.6. The van der Waals surface area contributed by atoms with Crippen LogP contribution in [0.15, 0.2) is 0 Å². The molecule has 0 bridgehead atoms. The molecule has 0 aromatic rings. The normalized spacial score (nSPS) is 28.9. The van der Waals surface area contributed by atoms with Crippen LogP contribution < -0.4 is 5.32 Å². The number of rotatable bonds is 2. The summed E-state index contributed by atoms with van der Waals surface area (Å²) >= 11 is 0. The Balaban J connectivity index is 2.94. The first-order valence-corrected chi connectivity index (χ1v) is 7.15. The lowest BCUT2D eigenvalue weighted by molar-refractivity contribution is -0.274. The molecule has 134 valence electrons. The molecule has 0 radical (unpaired) electrons. The van der Waals surface area contributed by atoms with Crippen molar-refractivity contribution in [3.8, 4) is 0 Å². The fourth-order valence-electron chi connectivity index (χ4n) is 2.51. The van der Waals surface area contributed by atoms with Gasteiger partial charge in [-0.25, -0.2) is 4.79 Å². The zero-order chi connectivity index (χ0) is 18.1. The Labute approximate surface area is 132 Å². The SMILES string of the molecule is COC(=O)C1CCC(O)(C(F)(F)F)CC1NC(=O)OC(C)(C)C. The van der Waals surface area contributed by atoms with E-state index in [0.717, 1.165) is 7.11 Å². The van der Waals surface area contributed by atoms with Crippen LogP contribution in [0.3, 0.4) is 0 Å². The zero-order valence-electron chi connectivity index (χ0n) is 13.5. The Morgan fingerprint density at radius 3 is 2.26 bits per heavy atom. The number of hydrogen-bond acceptors (Lipinski definition) is 5. The lowest BCUT2D eigenvalue weighted by atomic mass is 9.75. The average Bonchev–Trinajstić information content (AvgIpc) is 2.34. The van der Waals surface area contributed by atoms with Gasteiger partial charge in [0.2, 0.25) is 0 Å². The van der Waals surface area contributed by atoms with Crippen LogP contribution in [0.1, 0.15) is 40.0 Å². The molecule has 0 spiro atoms. The van der Waals surface area contributed by atoms with Crippen LogP contribution in [0.4, 0.5) is 18.0 Å². The van der Waals surface area contributed by atoms with E-state index >= 15 is 0 Å². The molecule has 23 heavy (non-hydrogen) atoms. The lowest BCUT2D eigenvalue weighted by Crippen LogP contribution is -2.58.